The predicted molar refractivity (Wildman–Crippen MR) is 74.5 cm³/mol. The summed E-state index contributed by atoms with van der Waals surface area (Å²) in [5.74, 6) is 1.79. The lowest BCUT2D eigenvalue weighted by atomic mass is 10.1. The minimum Gasteiger partial charge on any atom is -0.496 e. The normalized spacial score (nSPS) is 10.9. The molecule has 3 heteroatoms. The molecule has 1 aromatic carbocycles. The lowest BCUT2D eigenvalue weighted by molar-refractivity contribution is 0.102. The van der Waals surface area contributed by atoms with Crippen LogP contribution in [0.1, 0.15) is 27.4 Å². The van der Waals surface area contributed by atoms with E-state index in [1.807, 2.05) is 32.0 Å². The van der Waals surface area contributed by atoms with E-state index in [-0.39, 0.29) is 5.78 Å². The van der Waals surface area contributed by atoms with Crippen LogP contribution in [0, 0.1) is 13.8 Å². The van der Waals surface area contributed by atoms with E-state index in [9.17, 15) is 4.79 Å². The van der Waals surface area contributed by atoms with Gasteiger partial charge in [-0.25, -0.2) is 0 Å². The number of methoxy groups -OCH3 is 1. The molecule has 1 heterocycles. The van der Waals surface area contributed by atoms with Crippen molar-refractivity contribution in [1.29, 1.82) is 0 Å². The maximum atomic E-state index is 11.8. The smallest absolute Gasteiger partial charge is 0.221 e. The summed E-state index contributed by atoms with van der Waals surface area (Å²) in [4.78, 5) is 11.8. The van der Waals surface area contributed by atoms with Crippen LogP contribution in [-0.2, 0) is 0 Å². The zero-order valence-electron chi connectivity index (χ0n) is 11.3. The van der Waals surface area contributed by atoms with Crippen molar-refractivity contribution in [1.82, 2.24) is 0 Å². The second-order valence-corrected chi connectivity index (χ2v) is 4.34. The first-order valence-electron chi connectivity index (χ1n) is 6.03. The third-order valence-electron chi connectivity index (χ3n) is 2.83. The molecular formula is C16H16O3. The van der Waals surface area contributed by atoms with Crippen molar-refractivity contribution in [3.63, 3.8) is 0 Å². The largest absolute Gasteiger partial charge is 0.496 e. The van der Waals surface area contributed by atoms with Gasteiger partial charge >= 0.3 is 0 Å². The summed E-state index contributed by atoms with van der Waals surface area (Å²) in [6.45, 7) is 3.78. The molecule has 3 nitrogen and oxygen atoms in total. The zero-order chi connectivity index (χ0) is 13.8. The standard InChI is InChI=1S/C16H16O3/c1-11-10-13(6-9-15(11)18-3)5-7-14(17)16-8-4-12(2)19-16/h4-10H,1-3H3/b7-5+. The van der Waals surface area contributed by atoms with E-state index in [0.29, 0.717) is 5.76 Å². The van der Waals surface area contributed by atoms with Gasteiger partial charge in [0.1, 0.15) is 11.5 Å². The number of ketones is 1. The van der Waals surface area contributed by atoms with Gasteiger partial charge < -0.3 is 9.15 Å². The van der Waals surface area contributed by atoms with Gasteiger partial charge in [0.05, 0.1) is 7.11 Å². The van der Waals surface area contributed by atoms with E-state index in [1.54, 1.807) is 25.3 Å². The van der Waals surface area contributed by atoms with Crippen LogP contribution in [0.5, 0.6) is 5.75 Å². The first kappa shape index (κ1) is 13.1. The lowest BCUT2D eigenvalue weighted by Gasteiger charge is -2.04. The Morgan fingerprint density at radius 2 is 2.00 bits per heavy atom. The first-order valence-corrected chi connectivity index (χ1v) is 6.03. The fraction of sp³-hybridized carbons (Fsp3) is 0.188. The van der Waals surface area contributed by atoms with E-state index >= 15 is 0 Å². The molecule has 98 valence electrons. The predicted octanol–water partition coefficient (Wildman–Crippen LogP) is 3.80. The average molecular weight is 256 g/mol. The second kappa shape index (κ2) is 5.57. The summed E-state index contributed by atoms with van der Waals surface area (Å²) in [5.41, 5.74) is 1.99. The van der Waals surface area contributed by atoms with E-state index in [2.05, 4.69) is 0 Å². The van der Waals surface area contributed by atoms with E-state index < -0.39 is 0 Å². The van der Waals surface area contributed by atoms with E-state index in [0.717, 1.165) is 22.6 Å². The third-order valence-corrected chi connectivity index (χ3v) is 2.83. The van der Waals surface area contributed by atoms with Gasteiger partial charge in [-0.1, -0.05) is 12.1 Å². The summed E-state index contributed by atoms with van der Waals surface area (Å²) in [6.07, 6.45) is 3.28. The summed E-state index contributed by atoms with van der Waals surface area (Å²) in [6, 6.07) is 9.22. The van der Waals surface area contributed by atoms with Crippen molar-refractivity contribution in [3.05, 3.63) is 59.1 Å². The fourth-order valence-corrected chi connectivity index (χ4v) is 1.83. The van der Waals surface area contributed by atoms with Crippen molar-refractivity contribution in [2.24, 2.45) is 0 Å². The molecule has 0 N–H and O–H groups in total. The van der Waals surface area contributed by atoms with Crippen molar-refractivity contribution in [3.8, 4) is 5.75 Å². The Morgan fingerprint density at radius 3 is 2.58 bits per heavy atom. The molecule has 0 saturated heterocycles. The van der Waals surface area contributed by atoms with E-state index in [1.165, 1.54) is 6.08 Å². The molecular weight excluding hydrogens is 240 g/mol. The number of furan rings is 1. The first-order chi connectivity index (χ1) is 9.10. The Kier molecular flexibility index (Phi) is 3.85. The number of ether oxygens (including phenoxy) is 1. The van der Waals surface area contributed by atoms with Gasteiger partial charge in [0, 0.05) is 0 Å². The maximum Gasteiger partial charge on any atom is 0.221 e. The Hall–Kier alpha value is -2.29. The Morgan fingerprint density at radius 1 is 1.21 bits per heavy atom. The van der Waals surface area contributed by atoms with Crippen LogP contribution in [0.3, 0.4) is 0 Å². The van der Waals surface area contributed by atoms with Crippen molar-refractivity contribution < 1.29 is 13.9 Å². The van der Waals surface area contributed by atoms with Crippen LogP contribution in [0.25, 0.3) is 6.08 Å². The molecule has 0 bridgehead atoms. The molecule has 0 amide bonds. The minimum atomic E-state index is -0.137. The molecule has 0 unspecified atom stereocenters. The quantitative estimate of drug-likeness (QED) is 0.617. The number of benzene rings is 1. The number of hydrogen-bond acceptors (Lipinski definition) is 3. The van der Waals surface area contributed by atoms with Crippen LogP contribution >= 0.6 is 0 Å². The molecule has 1 aromatic heterocycles. The molecule has 0 spiro atoms. The van der Waals surface area contributed by atoms with Crippen molar-refractivity contribution >= 4 is 11.9 Å². The van der Waals surface area contributed by atoms with Gasteiger partial charge in [-0.05, 0) is 55.3 Å². The van der Waals surface area contributed by atoms with Crippen LogP contribution in [-0.4, -0.2) is 12.9 Å². The summed E-state index contributed by atoms with van der Waals surface area (Å²) in [7, 11) is 1.64. The molecule has 0 aliphatic rings. The summed E-state index contributed by atoms with van der Waals surface area (Å²) >= 11 is 0. The SMILES string of the molecule is COc1ccc(/C=C/C(=O)c2ccc(C)o2)cc1C. The molecule has 2 aromatic rings. The molecule has 2 rings (SSSR count). The third kappa shape index (κ3) is 3.13. The second-order valence-electron chi connectivity index (χ2n) is 4.34. The highest BCUT2D eigenvalue weighted by molar-refractivity contribution is 6.04. The topological polar surface area (TPSA) is 39.4 Å². The number of carbonyl (C=O) groups is 1. The maximum absolute atomic E-state index is 11.8. The number of hydrogen-bond donors (Lipinski definition) is 0. The summed E-state index contributed by atoms with van der Waals surface area (Å²) in [5, 5.41) is 0. The number of allylic oxidation sites excluding steroid dienone is 1. The molecule has 0 fully saturated rings. The molecule has 0 radical (unpaired) electrons. The van der Waals surface area contributed by atoms with Gasteiger partial charge in [-0.15, -0.1) is 0 Å². The van der Waals surface area contributed by atoms with Crippen LogP contribution in [0.2, 0.25) is 0 Å². The molecule has 19 heavy (non-hydrogen) atoms. The molecule has 0 saturated carbocycles. The van der Waals surface area contributed by atoms with E-state index in [4.69, 9.17) is 9.15 Å². The zero-order valence-corrected chi connectivity index (χ0v) is 11.3. The van der Waals surface area contributed by atoms with Gasteiger partial charge in [-0.3, -0.25) is 4.79 Å². The van der Waals surface area contributed by atoms with Gasteiger partial charge in [-0.2, -0.15) is 0 Å². The Labute approximate surface area is 112 Å². The average Bonchev–Trinajstić information content (AvgIpc) is 2.83. The van der Waals surface area contributed by atoms with Gasteiger partial charge in [0.25, 0.3) is 0 Å². The molecule has 0 aliphatic heterocycles. The monoisotopic (exact) mass is 256 g/mol. The number of aryl methyl sites for hydroxylation is 2. The van der Waals surface area contributed by atoms with Crippen molar-refractivity contribution in [2.75, 3.05) is 7.11 Å². The van der Waals surface area contributed by atoms with Crippen LogP contribution < -0.4 is 4.74 Å². The number of rotatable bonds is 4. The van der Waals surface area contributed by atoms with Crippen LogP contribution in [0.4, 0.5) is 0 Å². The highest BCUT2D eigenvalue weighted by Crippen LogP contribution is 2.19. The highest BCUT2D eigenvalue weighted by atomic mass is 16.5. The van der Waals surface area contributed by atoms with Gasteiger partial charge in [0.2, 0.25) is 5.78 Å². The van der Waals surface area contributed by atoms with Crippen molar-refractivity contribution in [2.45, 2.75) is 13.8 Å². The minimum absolute atomic E-state index is 0.137. The highest BCUT2D eigenvalue weighted by Gasteiger charge is 2.06. The Bertz CT molecular complexity index is 621. The number of carbonyl (C=O) groups excluding carboxylic acids is 1. The molecule has 0 aliphatic carbocycles. The van der Waals surface area contributed by atoms with Gasteiger partial charge in [0.15, 0.2) is 5.76 Å². The van der Waals surface area contributed by atoms with Crippen LogP contribution in [0.15, 0.2) is 40.8 Å². The lowest BCUT2D eigenvalue weighted by Crippen LogP contribution is -1.91. The Balaban J connectivity index is 2.14. The fourth-order valence-electron chi connectivity index (χ4n) is 1.83. The molecule has 0 atom stereocenters. The summed E-state index contributed by atoms with van der Waals surface area (Å²) < 4.78 is 10.5.